The van der Waals surface area contributed by atoms with Crippen LogP contribution in [0.2, 0.25) is 0 Å². The number of rotatable bonds is 11. The van der Waals surface area contributed by atoms with Crippen molar-refractivity contribution in [2.75, 3.05) is 34.0 Å². The lowest BCUT2D eigenvalue weighted by Gasteiger charge is -2.15. The van der Waals surface area contributed by atoms with Crippen LogP contribution in [-0.2, 0) is 17.8 Å². The van der Waals surface area contributed by atoms with E-state index in [1.54, 1.807) is 19.2 Å². The Kier molecular flexibility index (Phi) is 9.80. The molecule has 164 valence electrons. The van der Waals surface area contributed by atoms with Gasteiger partial charge in [-0.2, -0.15) is 0 Å². The van der Waals surface area contributed by atoms with Crippen LogP contribution in [0.4, 0.5) is 0 Å². The molecule has 2 rings (SSSR count). The molecule has 0 saturated heterocycles. The molecule has 7 heteroatoms. The first-order valence-electron chi connectivity index (χ1n) is 10.2. The normalized spacial score (nSPS) is 11.3. The molecule has 0 amide bonds. The fourth-order valence-corrected chi connectivity index (χ4v) is 2.85. The molecule has 0 aliphatic rings. The first-order valence-corrected chi connectivity index (χ1v) is 10.2. The molecule has 2 aromatic rings. The third-order valence-corrected chi connectivity index (χ3v) is 4.43. The third kappa shape index (κ3) is 7.48. The van der Waals surface area contributed by atoms with E-state index < -0.39 is 0 Å². The second-order valence-electron chi connectivity index (χ2n) is 6.86. The Morgan fingerprint density at radius 2 is 1.87 bits per heavy atom. The number of nitrogens with one attached hydrogen (secondary N) is 2. The number of aromatic hydroxyl groups is 1. The van der Waals surface area contributed by atoms with Crippen molar-refractivity contribution in [1.29, 1.82) is 0 Å². The number of hydrogen-bond donors (Lipinski definition) is 3. The average Bonchev–Trinajstić information content (AvgIpc) is 2.74. The molecule has 0 spiro atoms. The number of guanidine groups is 1. The van der Waals surface area contributed by atoms with Gasteiger partial charge in [-0.05, 0) is 43.2 Å². The van der Waals surface area contributed by atoms with Crippen LogP contribution in [0.25, 0.3) is 0 Å². The van der Waals surface area contributed by atoms with Crippen molar-refractivity contribution in [2.45, 2.75) is 33.4 Å². The van der Waals surface area contributed by atoms with E-state index in [0.29, 0.717) is 38.0 Å². The standard InChI is InChI=1S/C23H33N3O4/c1-5-24-23(25-15-18-8-10-21(29-4)20(27)14-18)26-16-19-9-7-17(2)13-22(19)30-12-6-11-28-3/h7-10,13-14,27H,5-6,11-12,15-16H2,1-4H3,(H2,24,25,26). The summed E-state index contributed by atoms with van der Waals surface area (Å²) >= 11 is 0. The molecule has 0 bridgehead atoms. The highest BCUT2D eigenvalue weighted by molar-refractivity contribution is 5.79. The Hall–Kier alpha value is -2.93. The van der Waals surface area contributed by atoms with E-state index in [9.17, 15) is 5.11 Å². The number of benzene rings is 2. The summed E-state index contributed by atoms with van der Waals surface area (Å²) < 4.78 is 16.1. The van der Waals surface area contributed by atoms with Gasteiger partial charge in [0.05, 0.1) is 20.3 Å². The molecule has 7 nitrogen and oxygen atoms in total. The van der Waals surface area contributed by atoms with Gasteiger partial charge in [-0.25, -0.2) is 4.99 Å². The van der Waals surface area contributed by atoms with Crippen molar-refractivity contribution in [1.82, 2.24) is 10.6 Å². The number of phenolic OH excluding ortho intramolecular Hbond substituents is 1. The molecule has 0 radical (unpaired) electrons. The summed E-state index contributed by atoms with van der Waals surface area (Å²) in [7, 11) is 3.22. The maximum absolute atomic E-state index is 9.94. The fraction of sp³-hybridized carbons (Fsp3) is 0.435. The van der Waals surface area contributed by atoms with Gasteiger partial charge in [-0.1, -0.05) is 18.2 Å². The zero-order valence-corrected chi connectivity index (χ0v) is 18.3. The maximum atomic E-state index is 9.94. The zero-order valence-electron chi connectivity index (χ0n) is 18.3. The lowest BCUT2D eigenvalue weighted by molar-refractivity contribution is 0.171. The van der Waals surface area contributed by atoms with Crippen LogP contribution in [0.15, 0.2) is 41.4 Å². The quantitative estimate of drug-likeness (QED) is 0.296. The smallest absolute Gasteiger partial charge is 0.191 e. The lowest BCUT2D eigenvalue weighted by atomic mass is 10.1. The molecule has 0 heterocycles. The van der Waals surface area contributed by atoms with Crippen molar-refractivity contribution in [3.63, 3.8) is 0 Å². The summed E-state index contributed by atoms with van der Waals surface area (Å²) in [4.78, 5) is 4.61. The molecule has 0 aromatic heterocycles. The minimum atomic E-state index is 0.109. The Balaban J connectivity index is 2.03. The average molecular weight is 416 g/mol. The van der Waals surface area contributed by atoms with Gasteiger partial charge in [-0.15, -0.1) is 0 Å². The first-order chi connectivity index (χ1) is 14.6. The first kappa shape index (κ1) is 23.3. The van der Waals surface area contributed by atoms with Crippen LogP contribution in [-0.4, -0.2) is 45.0 Å². The predicted molar refractivity (Wildman–Crippen MR) is 119 cm³/mol. The van der Waals surface area contributed by atoms with E-state index >= 15 is 0 Å². The molecule has 0 atom stereocenters. The topological polar surface area (TPSA) is 84.3 Å². The van der Waals surface area contributed by atoms with Gasteiger partial charge in [0.25, 0.3) is 0 Å². The van der Waals surface area contributed by atoms with E-state index in [1.165, 1.54) is 7.11 Å². The summed E-state index contributed by atoms with van der Waals surface area (Å²) in [5.41, 5.74) is 3.11. The van der Waals surface area contributed by atoms with Gasteiger partial charge >= 0.3 is 0 Å². The van der Waals surface area contributed by atoms with Gasteiger partial charge in [-0.3, -0.25) is 0 Å². The van der Waals surface area contributed by atoms with Crippen LogP contribution in [0.1, 0.15) is 30.0 Å². The fourth-order valence-electron chi connectivity index (χ4n) is 2.85. The van der Waals surface area contributed by atoms with E-state index in [2.05, 4.69) is 34.7 Å². The SMILES string of the molecule is CCNC(=NCc1ccc(OC)c(O)c1)NCc1ccc(C)cc1OCCCOC. The van der Waals surface area contributed by atoms with Crippen molar-refractivity contribution in [2.24, 2.45) is 4.99 Å². The van der Waals surface area contributed by atoms with E-state index in [1.807, 2.05) is 19.1 Å². The van der Waals surface area contributed by atoms with Crippen molar-refractivity contribution in [3.05, 3.63) is 53.1 Å². The zero-order chi connectivity index (χ0) is 21.8. The highest BCUT2D eigenvalue weighted by Gasteiger charge is 2.07. The minimum absolute atomic E-state index is 0.109. The Morgan fingerprint density at radius 1 is 1.03 bits per heavy atom. The number of ether oxygens (including phenoxy) is 3. The second-order valence-corrected chi connectivity index (χ2v) is 6.86. The predicted octanol–water partition coefficient (Wildman–Crippen LogP) is 3.38. The van der Waals surface area contributed by atoms with E-state index in [0.717, 1.165) is 35.4 Å². The molecule has 2 aromatic carbocycles. The van der Waals surface area contributed by atoms with Gasteiger partial charge in [0.1, 0.15) is 5.75 Å². The molecule has 30 heavy (non-hydrogen) atoms. The van der Waals surface area contributed by atoms with Gasteiger partial charge in [0.2, 0.25) is 0 Å². The summed E-state index contributed by atoms with van der Waals surface area (Å²) in [5.74, 6) is 2.12. The number of aliphatic imine (C=N–C) groups is 1. The van der Waals surface area contributed by atoms with Gasteiger partial charge in [0, 0.05) is 38.8 Å². The van der Waals surface area contributed by atoms with Crippen LogP contribution in [0, 0.1) is 6.92 Å². The number of phenols is 1. The largest absolute Gasteiger partial charge is 0.504 e. The monoisotopic (exact) mass is 415 g/mol. The van der Waals surface area contributed by atoms with Crippen LogP contribution in [0.5, 0.6) is 17.2 Å². The molecular weight excluding hydrogens is 382 g/mol. The van der Waals surface area contributed by atoms with E-state index in [4.69, 9.17) is 14.2 Å². The van der Waals surface area contributed by atoms with Crippen molar-refractivity contribution >= 4 is 5.96 Å². The van der Waals surface area contributed by atoms with Crippen LogP contribution < -0.4 is 20.1 Å². The van der Waals surface area contributed by atoms with Crippen molar-refractivity contribution < 1.29 is 19.3 Å². The van der Waals surface area contributed by atoms with Crippen LogP contribution in [0.3, 0.4) is 0 Å². The summed E-state index contributed by atoms with van der Waals surface area (Å²) in [6, 6.07) is 11.5. The number of methoxy groups -OCH3 is 2. The summed E-state index contributed by atoms with van der Waals surface area (Å²) in [5, 5.41) is 16.5. The number of aryl methyl sites for hydroxylation is 1. The highest BCUT2D eigenvalue weighted by atomic mass is 16.5. The Labute approximate surface area is 179 Å². The molecule has 0 fully saturated rings. The number of hydrogen-bond acceptors (Lipinski definition) is 5. The summed E-state index contributed by atoms with van der Waals surface area (Å²) in [6.45, 7) is 7.12. The van der Waals surface area contributed by atoms with Crippen LogP contribution >= 0.6 is 0 Å². The third-order valence-electron chi connectivity index (χ3n) is 4.43. The Bertz CT molecular complexity index is 824. The molecule has 3 N–H and O–H groups in total. The molecule has 0 unspecified atom stereocenters. The molecule has 0 saturated carbocycles. The molecular formula is C23H33N3O4. The Morgan fingerprint density at radius 3 is 2.57 bits per heavy atom. The molecule has 0 aliphatic carbocycles. The number of nitrogens with zero attached hydrogens (tertiary/aromatic N) is 1. The van der Waals surface area contributed by atoms with E-state index in [-0.39, 0.29) is 5.75 Å². The van der Waals surface area contributed by atoms with Gasteiger partial charge < -0.3 is 30.0 Å². The molecule has 0 aliphatic heterocycles. The lowest BCUT2D eigenvalue weighted by Crippen LogP contribution is -2.36. The minimum Gasteiger partial charge on any atom is -0.504 e. The highest BCUT2D eigenvalue weighted by Crippen LogP contribution is 2.26. The van der Waals surface area contributed by atoms with Gasteiger partial charge in [0.15, 0.2) is 17.5 Å². The maximum Gasteiger partial charge on any atom is 0.191 e. The summed E-state index contributed by atoms with van der Waals surface area (Å²) in [6.07, 6.45) is 0.843. The van der Waals surface area contributed by atoms with Crippen molar-refractivity contribution in [3.8, 4) is 17.2 Å². The second kappa shape index (κ2) is 12.6.